The molecule has 176 valence electrons. The molecule has 3 rings (SSSR count). The van der Waals surface area contributed by atoms with E-state index in [-0.39, 0.29) is 11.7 Å². The highest BCUT2D eigenvalue weighted by Crippen LogP contribution is 2.28. The quantitative estimate of drug-likeness (QED) is 0.403. The monoisotopic (exact) mass is 470 g/mol. The first-order chi connectivity index (χ1) is 16.0. The van der Waals surface area contributed by atoms with E-state index in [4.69, 9.17) is 14.2 Å². The van der Waals surface area contributed by atoms with E-state index in [1.807, 2.05) is 67.8 Å². The van der Waals surface area contributed by atoms with Crippen LogP contribution in [0.4, 0.5) is 0 Å². The highest BCUT2D eigenvalue weighted by molar-refractivity contribution is 7.99. The van der Waals surface area contributed by atoms with Crippen molar-refractivity contribution in [2.75, 3.05) is 32.6 Å². The van der Waals surface area contributed by atoms with Crippen molar-refractivity contribution in [1.29, 1.82) is 0 Å². The lowest BCUT2D eigenvalue weighted by molar-refractivity contribution is -0.118. The van der Waals surface area contributed by atoms with Crippen LogP contribution in [-0.4, -0.2) is 53.3 Å². The van der Waals surface area contributed by atoms with Crippen molar-refractivity contribution in [3.63, 3.8) is 0 Å². The van der Waals surface area contributed by atoms with E-state index in [2.05, 4.69) is 15.5 Å². The molecule has 0 aliphatic heterocycles. The van der Waals surface area contributed by atoms with Crippen LogP contribution in [0.1, 0.15) is 25.2 Å². The van der Waals surface area contributed by atoms with Gasteiger partial charge < -0.3 is 19.5 Å². The predicted molar refractivity (Wildman–Crippen MR) is 129 cm³/mol. The summed E-state index contributed by atoms with van der Waals surface area (Å²) >= 11 is 1.35. The van der Waals surface area contributed by atoms with Crippen molar-refractivity contribution in [2.24, 2.45) is 0 Å². The fourth-order valence-electron chi connectivity index (χ4n) is 3.24. The van der Waals surface area contributed by atoms with E-state index in [1.54, 1.807) is 7.11 Å². The zero-order chi connectivity index (χ0) is 23.6. The number of nitrogens with zero attached hydrogens (tertiary/aromatic N) is 3. The number of carbonyl (C=O) groups is 1. The van der Waals surface area contributed by atoms with Crippen LogP contribution in [0.3, 0.4) is 0 Å². The number of methoxy groups -OCH3 is 1. The molecule has 0 aliphatic rings. The smallest absolute Gasteiger partial charge is 0.230 e. The summed E-state index contributed by atoms with van der Waals surface area (Å²) in [5.41, 5.74) is 1.99. The first kappa shape index (κ1) is 24.4. The molecule has 0 aliphatic carbocycles. The van der Waals surface area contributed by atoms with Gasteiger partial charge in [-0.2, -0.15) is 0 Å². The molecule has 1 aromatic heterocycles. The second-order valence-corrected chi connectivity index (χ2v) is 8.04. The standard InChI is InChI=1S/C24H30N4O4S/c1-5-31-21-12-7-18(15-22(21)32-6-2)13-14-25-23(29)16-33-24-27-26-17(3)28(24)19-8-10-20(30-4)11-9-19/h7-12,15H,5-6,13-14,16H2,1-4H3,(H,25,29). The van der Waals surface area contributed by atoms with E-state index in [0.29, 0.717) is 31.3 Å². The molecule has 1 amide bonds. The molecule has 0 radical (unpaired) electrons. The van der Waals surface area contributed by atoms with Gasteiger partial charge in [0, 0.05) is 12.2 Å². The number of hydrogen-bond donors (Lipinski definition) is 1. The first-order valence-corrected chi connectivity index (χ1v) is 11.9. The number of ether oxygens (including phenoxy) is 3. The van der Waals surface area contributed by atoms with Crippen LogP contribution in [0, 0.1) is 6.92 Å². The summed E-state index contributed by atoms with van der Waals surface area (Å²) < 4.78 is 18.4. The lowest BCUT2D eigenvalue weighted by atomic mass is 10.1. The molecule has 0 saturated carbocycles. The summed E-state index contributed by atoms with van der Waals surface area (Å²) in [5, 5.41) is 12.0. The Morgan fingerprint density at radius 1 is 1.03 bits per heavy atom. The van der Waals surface area contributed by atoms with Gasteiger partial charge in [-0.25, -0.2) is 0 Å². The minimum atomic E-state index is -0.0575. The van der Waals surface area contributed by atoms with Crippen LogP contribution in [-0.2, 0) is 11.2 Å². The Balaban J connectivity index is 1.53. The van der Waals surface area contributed by atoms with Crippen LogP contribution in [0.5, 0.6) is 17.2 Å². The molecule has 1 N–H and O–H groups in total. The maximum absolute atomic E-state index is 12.4. The molecule has 0 saturated heterocycles. The second-order valence-electron chi connectivity index (χ2n) is 7.10. The molecule has 2 aromatic carbocycles. The van der Waals surface area contributed by atoms with Crippen molar-refractivity contribution >= 4 is 17.7 Å². The average Bonchev–Trinajstić information content (AvgIpc) is 3.20. The average molecular weight is 471 g/mol. The molecule has 0 bridgehead atoms. The molecule has 0 unspecified atom stereocenters. The molecular weight excluding hydrogens is 440 g/mol. The summed E-state index contributed by atoms with van der Waals surface area (Å²) in [7, 11) is 1.63. The summed E-state index contributed by atoms with van der Waals surface area (Å²) in [6, 6.07) is 13.5. The van der Waals surface area contributed by atoms with Gasteiger partial charge in [0.2, 0.25) is 5.91 Å². The highest BCUT2D eigenvalue weighted by atomic mass is 32.2. The van der Waals surface area contributed by atoms with Gasteiger partial charge >= 0.3 is 0 Å². The van der Waals surface area contributed by atoms with Crippen molar-refractivity contribution in [3.05, 3.63) is 53.9 Å². The lowest BCUT2D eigenvalue weighted by Crippen LogP contribution is -2.27. The number of nitrogens with one attached hydrogen (secondary N) is 1. The van der Waals surface area contributed by atoms with Crippen LogP contribution < -0.4 is 19.5 Å². The van der Waals surface area contributed by atoms with Crippen LogP contribution >= 0.6 is 11.8 Å². The van der Waals surface area contributed by atoms with E-state index >= 15 is 0 Å². The zero-order valence-electron chi connectivity index (χ0n) is 19.5. The molecular formula is C24H30N4O4S. The van der Waals surface area contributed by atoms with Crippen molar-refractivity contribution in [1.82, 2.24) is 20.1 Å². The fraction of sp³-hybridized carbons (Fsp3) is 0.375. The molecule has 0 spiro atoms. The molecule has 1 heterocycles. The van der Waals surface area contributed by atoms with Gasteiger partial charge in [-0.1, -0.05) is 17.8 Å². The SMILES string of the molecule is CCOc1ccc(CCNC(=O)CSc2nnc(C)n2-c2ccc(OC)cc2)cc1OCC. The van der Waals surface area contributed by atoms with E-state index in [9.17, 15) is 4.79 Å². The lowest BCUT2D eigenvalue weighted by Gasteiger charge is -2.12. The Kier molecular flexibility index (Phi) is 9.00. The third kappa shape index (κ3) is 6.64. The molecule has 33 heavy (non-hydrogen) atoms. The summed E-state index contributed by atoms with van der Waals surface area (Å²) in [4.78, 5) is 12.4. The van der Waals surface area contributed by atoms with E-state index in [1.165, 1.54) is 11.8 Å². The second kappa shape index (κ2) is 12.2. The van der Waals surface area contributed by atoms with Crippen molar-refractivity contribution in [2.45, 2.75) is 32.3 Å². The van der Waals surface area contributed by atoms with E-state index in [0.717, 1.165) is 34.3 Å². The molecule has 3 aromatic rings. The summed E-state index contributed by atoms with van der Waals surface area (Å²) in [6.45, 7) is 7.45. The maximum Gasteiger partial charge on any atom is 0.230 e. The van der Waals surface area contributed by atoms with Gasteiger partial charge in [0.1, 0.15) is 11.6 Å². The van der Waals surface area contributed by atoms with Gasteiger partial charge in [-0.05, 0) is 69.2 Å². The Morgan fingerprint density at radius 3 is 2.45 bits per heavy atom. The van der Waals surface area contributed by atoms with Gasteiger partial charge in [0.15, 0.2) is 16.7 Å². The Hall–Kier alpha value is -3.20. The van der Waals surface area contributed by atoms with Crippen LogP contribution in [0.25, 0.3) is 5.69 Å². The third-order valence-electron chi connectivity index (χ3n) is 4.80. The summed E-state index contributed by atoms with van der Waals surface area (Å²) in [6.07, 6.45) is 0.698. The van der Waals surface area contributed by atoms with Gasteiger partial charge in [0.05, 0.1) is 26.1 Å². The predicted octanol–water partition coefficient (Wildman–Crippen LogP) is 3.83. The Bertz CT molecular complexity index is 1050. The van der Waals surface area contributed by atoms with Crippen LogP contribution in [0.15, 0.2) is 47.6 Å². The highest BCUT2D eigenvalue weighted by Gasteiger charge is 2.14. The number of amides is 1. The number of carbonyl (C=O) groups excluding carboxylic acids is 1. The summed E-state index contributed by atoms with van der Waals surface area (Å²) in [5.74, 6) is 3.19. The zero-order valence-corrected chi connectivity index (χ0v) is 20.3. The Morgan fingerprint density at radius 2 is 1.76 bits per heavy atom. The minimum absolute atomic E-state index is 0.0575. The van der Waals surface area contributed by atoms with Gasteiger partial charge in [0.25, 0.3) is 0 Å². The maximum atomic E-state index is 12.4. The molecule has 0 atom stereocenters. The van der Waals surface area contributed by atoms with E-state index < -0.39 is 0 Å². The molecule has 9 heteroatoms. The molecule has 0 fully saturated rings. The molecule has 8 nitrogen and oxygen atoms in total. The van der Waals surface area contributed by atoms with Crippen molar-refractivity contribution < 1.29 is 19.0 Å². The first-order valence-electron chi connectivity index (χ1n) is 10.9. The van der Waals surface area contributed by atoms with Gasteiger partial charge in [-0.3, -0.25) is 9.36 Å². The number of aromatic nitrogens is 3. The number of benzene rings is 2. The topological polar surface area (TPSA) is 87.5 Å². The van der Waals surface area contributed by atoms with Gasteiger partial charge in [-0.15, -0.1) is 10.2 Å². The third-order valence-corrected chi connectivity index (χ3v) is 5.73. The number of aryl methyl sites for hydroxylation is 1. The van der Waals surface area contributed by atoms with Crippen LogP contribution in [0.2, 0.25) is 0 Å². The van der Waals surface area contributed by atoms with Crippen molar-refractivity contribution in [3.8, 4) is 22.9 Å². The number of thioether (sulfide) groups is 1. The normalized spacial score (nSPS) is 10.7. The Labute approximate surface area is 198 Å². The number of hydrogen-bond acceptors (Lipinski definition) is 7. The fourth-order valence-corrected chi connectivity index (χ4v) is 4.07. The minimum Gasteiger partial charge on any atom is -0.497 e. The largest absolute Gasteiger partial charge is 0.497 e. The number of rotatable bonds is 12.